The molecule has 0 bridgehead atoms. The Morgan fingerprint density at radius 1 is 1.40 bits per heavy atom. The molecule has 0 saturated carbocycles. The van der Waals surface area contributed by atoms with Gasteiger partial charge < -0.3 is 11.1 Å². The first kappa shape index (κ1) is 19.9. The predicted octanol–water partition coefficient (Wildman–Crippen LogP) is 1.15. The number of rotatable bonds is 4. The van der Waals surface area contributed by atoms with E-state index in [4.69, 9.17) is 17.3 Å². The molecule has 3 rings (SSSR count). The van der Waals surface area contributed by atoms with Crippen LogP contribution in [0.15, 0.2) is 35.5 Å². The van der Waals surface area contributed by atoms with Gasteiger partial charge in [0.25, 0.3) is 0 Å². The first-order chi connectivity index (χ1) is 11.4. The van der Waals surface area contributed by atoms with Gasteiger partial charge in [-0.1, -0.05) is 23.7 Å². The number of nitrogens with two attached hydrogens (primary N) is 1. The quantitative estimate of drug-likeness (QED) is 0.794. The molecule has 0 unspecified atom stereocenters. The van der Waals surface area contributed by atoms with E-state index in [1.165, 1.54) is 16.6 Å². The van der Waals surface area contributed by atoms with Crippen molar-refractivity contribution in [2.75, 3.05) is 19.6 Å². The fourth-order valence-electron chi connectivity index (χ4n) is 2.86. The first-order valence-electron chi connectivity index (χ1n) is 7.45. The number of carbonyl (C=O) groups excluding carboxylic acids is 1. The molecule has 1 atom stereocenters. The lowest BCUT2D eigenvalue weighted by atomic mass is 10.2. The van der Waals surface area contributed by atoms with Crippen LogP contribution in [0.4, 0.5) is 0 Å². The van der Waals surface area contributed by atoms with Gasteiger partial charge in [0.05, 0.1) is 16.5 Å². The molecule has 25 heavy (non-hydrogen) atoms. The number of aromatic nitrogens is 1. The Morgan fingerprint density at radius 3 is 2.88 bits per heavy atom. The van der Waals surface area contributed by atoms with Gasteiger partial charge >= 0.3 is 0 Å². The Balaban J connectivity index is 0.00000225. The van der Waals surface area contributed by atoms with Crippen molar-refractivity contribution in [1.29, 1.82) is 0 Å². The van der Waals surface area contributed by atoms with Crippen molar-refractivity contribution >= 4 is 50.7 Å². The van der Waals surface area contributed by atoms with E-state index in [9.17, 15) is 13.2 Å². The van der Waals surface area contributed by atoms with Crippen LogP contribution in [-0.4, -0.2) is 49.3 Å². The SMILES string of the molecule is Cl.NCC(=O)N[C@@H]1CCN(S(=O)(=O)c2cccc3cncc(Cl)c23)C1. The lowest BCUT2D eigenvalue weighted by Crippen LogP contribution is -2.41. The summed E-state index contributed by atoms with van der Waals surface area (Å²) in [6.45, 7) is 0.430. The van der Waals surface area contributed by atoms with Crippen LogP contribution < -0.4 is 11.1 Å². The second kappa shape index (κ2) is 7.84. The molecular formula is C15H18Cl2N4O3S. The minimum atomic E-state index is -3.72. The number of benzene rings is 1. The lowest BCUT2D eigenvalue weighted by Gasteiger charge is -2.18. The normalized spacial score (nSPS) is 18.1. The molecule has 1 fully saturated rings. The molecule has 1 aliphatic rings. The molecule has 7 nitrogen and oxygen atoms in total. The van der Waals surface area contributed by atoms with Crippen molar-refractivity contribution in [3.63, 3.8) is 0 Å². The fourth-order valence-corrected chi connectivity index (χ4v) is 4.92. The second-order valence-electron chi connectivity index (χ2n) is 5.60. The predicted molar refractivity (Wildman–Crippen MR) is 98.4 cm³/mol. The van der Waals surface area contributed by atoms with Crippen LogP contribution in [0.1, 0.15) is 6.42 Å². The van der Waals surface area contributed by atoms with Gasteiger partial charge in [-0.05, 0) is 12.5 Å². The zero-order valence-electron chi connectivity index (χ0n) is 13.2. The van der Waals surface area contributed by atoms with Crippen LogP contribution in [-0.2, 0) is 14.8 Å². The summed E-state index contributed by atoms with van der Waals surface area (Å²) in [5.41, 5.74) is 5.28. The van der Waals surface area contributed by atoms with Gasteiger partial charge in [0, 0.05) is 42.3 Å². The molecule has 10 heteroatoms. The summed E-state index contributed by atoms with van der Waals surface area (Å²) >= 11 is 6.17. The number of pyridine rings is 1. The Bertz CT molecular complexity index is 886. The Kier molecular flexibility index (Phi) is 6.23. The number of fused-ring (bicyclic) bond motifs is 1. The molecule has 1 aromatic carbocycles. The third-order valence-corrected chi connectivity index (χ3v) is 6.21. The fraction of sp³-hybridized carbons (Fsp3) is 0.333. The van der Waals surface area contributed by atoms with Crippen molar-refractivity contribution in [3.05, 3.63) is 35.6 Å². The average Bonchev–Trinajstić information content (AvgIpc) is 3.03. The highest BCUT2D eigenvalue weighted by Gasteiger charge is 2.34. The number of carbonyl (C=O) groups is 1. The van der Waals surface area contributed by atoms with Gasteiger partial charge in [0.1, 0.15) is 0 Å². The lowest BCUT2D eigenvalue weighted by molar-refractivity contribution is -0.120. The number of nitrogens with one attached hydrogen (secondary N) is 1. The standard InChI is InChI=1S/C15H17ClN4O3S.ClH/c16-12-8-18-7-10-2-1-3-13(15(10)12)24(22,23)20-5-4-11(9-20)19-14(21)6-17;/h1-3,7-8,11H,4-6,9,17H2,(H,19,21);1H/t11-;/m1./s1. The molecule has 136 valence electrons. The van der Waals surface area contributed by atoms with E-state index in [2.05, 4.69) is 10.3 Å². The Morgan fingerprint density at radius 2 is 2.16 bits per heavy atom. The first-order valence-corrected chi connectivity index (χ1v) is 9.27. The third-order valence-electron chi connectivity index (χ3n) is 4.02. The minimum absolute atomic E-state index is 0. The van der Waals surface area contributed by atoms with E-state index >= 15 is 0 Å². The molecule has 0 radical (unpaired) electrons. The van der Waals surface area contributed by atoms with Gasteiger partial charge in [-0.2, -0.15) is 4.31 Å². The molecule has 0 spiro atoms. The van der Waals surface area contributed by atoms with Crippen molar-refractivity contribution in [1.82, 2.24) is 14.6 Å². The van der Waals surface area contributed by atoms with E-state index in [1.807, 2.05) is 0 Å². The summed E-state index contributed by atoms with van der Waals surface area (Å²) in [7, 11) is -3.72. The van der Waals surface area contributed by atoms with Crippen molar-refractivity contribution in [2.24, 2.45) is 5.73 Å². The highest BCUT2D eigenvalue weighted by atomic mass is 35.5. The molecule has 0 aliphatic carbocycles. The zero-order chi connectivity index (χ0) is 17.3. The van der Waals surface area contributed by atoms with Gasteiger partial charge in [-0.25, -0.2) is 8.42 Å². The number of halogens is 2. The van der Waals surface area contributed by atoms with Crippen LogP contribution in [0, 0.1) is 0 Å². The largest absolute Gasteiger partial charge is 0.351 e. The molecular weight excluding hydrogens is 387 g/mol. The number of sulfonamides is 1. The number of hydrogen-bond donors (Lipinski definition) is 2. The number of amides is 1. The molecule has 2 heterocycles. The van der Waals surface area contributed by atoms with E-state index in [0.29, 0.717) is 28.8 Å². The van der Waals surface area contributed by atoms with Crippen LogP contribution >= 0.6 is 24.0 Å². The summed E-state index contributed by atoms with van der Waals surface area (Å²) in [6, 6.07) is 4.73. The maximum atomic E-state index is 13.0. The summed E-state index contributed by atoms with van der Waals surface area (Å²) in [6.07, 6.45) is 3.55. The van der Waals surface area contributed by atoms with Crippen LogP contribution in [0.5, 0.6) is 0 Å². The monoisotopic (exact) mass is 404 g/mol. The molecule has 1 aromatic heterocycles. The van der Waals surface area contributed by atoms with Crippen molar-refractivity contribution < 1.29 is 13.2 Å². The van der Waals surface area contributed by atoms with Gasteiger partial charge in [-0.15, -0.1) is 12.4 Å². The number of nitrogens with zero attached hydrogens (tertiary/aromatic N) is 2. The molecule has 1 amide bonds. The van der Waals surface area contributed by atoms with E-state index < -0.39 is 10.0 Å². The van der Waals surface area contributed by atoms with Crippen LogP contribution in [0.25, 0.3) is 10.8 Å². The summed E-state index contributed by atoms with van der Waals surface area (Å²) in [5, 5.41) is 4.14. The smallest absolute Gasteiger partial charge is 0.243 e. The second-order valence-corrected chi connectivity index (χ2v) is 7.91. The van der Waals surface area contributed by atoms with Crippen LogP contribution in [0.2, 0.25) is 5.02 Å². The van der Waals surface area contributed by atoms with Crippen molar-refractivity contribution in [2.45, 2.75) is 17.4 Å². The Hall–Kier alpha value is -1.45. The topological polar surface area (TPSA) is 105 Å². The average molecular weight is 405 g/mol. The minimum Gasteiger partial charge on any atom is -0.351 e. The maximum Gasteiger partial charge on any atom is 0.243 e. The molecule has 1 aliphatic heterocycles. The maximum absolute atomic E-state index is 13.0. The van der Waals surface area contributed by atoms with E-state index in [0.717, 1.165) is 0 Å². The molecule has 3 N–H and O–H groups in total. The van der Waals surface area contributed by atoms with Crippen LogP contribution in [0.3, 0.4) is 0 Å². The van der Waals surface area contributed by atoms with Crippen molar-refractivity contribution in [3.8, 4) is 0 Å². The van der Waals surface area contributed by atoms with E-state index in [1.54, 1.807) is 18.3 Å². The third kappa shape index (κ3) is 3.88. The zero-order valence-corrected chi connectivity index (χ0v) is 15.6. The highest BCUT2D eigenvalue weighted by Crippen LogP contribution is 2.31. The van der Waals surface area contributed by atoms with E-state index in [-0.39, 0.29) is 42.3 Å². The summed E-state index contributed by atoms with van der Waals surface area (Å²) in [5.74, 6) is -0.293. The number of hydrogen-bond acceptors (Lipinski definition) is 5. The summed E-state index contributed by atoms with van der Waals surface area (Å²) < 4.78 is 27.4. The highest BCUT2D eigenvalue weighted by molar-refractivity contribution is 7.89. The summed E-state index contributed by atoms with van der Waals surface area (Å²) in [4.78, 5) is 15.5. The molecule has 1 saturated heterocycles. The Labute approximate surface area is 157 Å². The van der Waals surface area contributed by atoms with Gasteiger partial charge in [-0.3, -0.25) is 9.78 Å². The van der Waals surface area contributed by atoms with Gasteiger partial charge in [0.15, 0.2) is 0 Å². The molecule has 2 aromatic rings. The van der Waals surface area contributed by atoms with Gasteiger partial charge in [0.2, 0.25) is 15.9 Å².